The molecule has 1 atom stereocenters. The number of fused-ring (bicyclic) bond motifs is 1. The summed E-state index contributed by atoms with van der Waals surface area (Å²) < 4.78 is 10.6. The van der Waals surface area contributed by atoms with Crippen molar-refractivity contribution in [1.29, 1.82) is 0 Å². The zero-order chi connectivity index (χ0) is 14.9. The predicted molar refractivity (Wildman–Crippen MR) is 81.0 cm³/mol. The number of ether oxygens (including phenoxy) is 2. The van der Waals surface area contributed by atoms with Crippen LogP contribution in [-0.4, -0.2) is 25.8 Å². The molecule has 1 fully saturated rings. The van der Waals surface area contributed by atoms with Crippen molar-refractivity contribution < 1.29 is 14.3 Å². The minimum Gasteiger partial charge on any atom is -0.454 e. The van der Waals surface area contributed by atoms with E-state index in [1.165, 1.54) is 0 Å². The lowest BCUT2D eigenvalue weighted by Crippen LogP contribution is -2.47. The van der Waals surface area contributed by atoms with Crippen LogP contribution in [0.2, 0.25) is 5.02 Å². The molecule has 1 aromatic rings. The molecule has 1 saturated heterocycles. The zero-order valence-electron chi connectivity index (χ0n) is 12.0. The van der Waals surface area contributed by atoms with Crippen LogP contribution in [0.3, 0.4) is 0 Å². The van der Waals surface area contributed by atoms with E-state index >= 15 is 0 Å². The van der Waals surface area contributed by atoms with E-state index in [0.717, 1.165) is 25.8 Å². The fraction of sp³-hybridized carbons (Fsp3) is 0.533. The van der Waals surface area contributed by atoms with Crippen molar-refractivity contribution >= 4 is 23.2 Å². The number of amides is 1. The van der Waals surface area contributed by atoms with Gasteiger partial charge in [-0.2, -0.15) is 0 Å². The van der Waals surface area contributed by atoms with Crippen LogP contribution in [0, 0.1) is 5.41 Å². The third-order valence-electron chi connectivity index (χ3n) is 4.34. The van der Waals surface area contributed by atoms with Crippen molar-refractivity contribution in [3.8, 4) is 11.5 Å². The molecule has 114 valence electrons. The molecule has 0 radical (unpaired) electrons. The van der Waals surface area contributed by atoms with Gasteiger partial charge in [0.1, 0.15) is 0 Å². The van der Waals surface area contributed by atoms with Crippen molar-refractivity contribution in [3.63, 3.8) is 0 Å². The molecular formula is C15H19ClN2O3. The minimum absolute atomic E-state index is 0.0120. The van der Waals surface area contributed by atoms with E-state index in [1.54, 1.807) is 12.1 Å². The van der Waals surface area contributed by atoms with E-state index in [0.29, 0.717) is 28.8 Å². The van der Waals surface area contributed by atoms with Crippen LogP contribution in [0.4, 0.5) is 5.69 Å². The first kappa shape index (κ1) is 14.5. The number of piperidine rings is 1. The fourth-order valence-corrected chi connectivity index (χ4v) is 3.09. The molecule has 5 nitrogen and oxygen atoms in total. The van der Waals surface area contributed by atoms with Gasteiger partial charge in [0.2, 0.25) is 12.7 Å². The summed E-state index contributed by atoms with van der Waals surface area (Å²) in [5.74, 6) is 1.24. The molecule has 2 aliphatic rings. The highest BCUT2D eigenvalue weighted by Gasteiger charge is 2.38. The first-order chi connectivity index (χ1) is 10.1. The summed E-state index contributed by atoms with van der Waals surface area (Å²) in [6, 6.07) is 3.40. The topological polar surface area (TPSA) is 59.6 Å². The molecule has 1 amide bonds. The lowest BCUT2D eigenvalue weighted by atomic mass is 9.77. The summed E-state index contributed by atoms with van der Waals surface area (Å²) in [6.07, 6.45) is 2.70. The molecule has 0 saturated carbocycles. The van der Waals surface area contributed by atoms with E-state index in [2.05, 4.69) is 10.6 Å². The monoisotopic (exact) mass is 310 g/mol. The molecule has 2 aliphatic heterocycles. The Labute approximate surface area is 128 Å². The number of rotatable bonds is 3. The maximum Gasteiger partial charge on any atom is 0.231 e. The van der Waals surface area contributed by atoms with Gasteiger partial charge in [0.15, 0.2) is 11.5 Å². The molecule has 6 heteroatoms. The molecule has 0 aliphatic carbocycles. The van der Waals surface area contributed by atoms with Gasteiger partial charge in [0, 0.05) is 18.7 Å². The maximum atomic E-state index is 12.7. The number of carbonyl (C=O) groups is 1. The number of nitrogens with one attached hydrogen (secondary N) is 2. The average Bonchev–Trinajstić information content (AvgIpc) is 2.95. The second kappa shape index (κ2) is 5.73. The van der Waals surface area contributed by atoms with Gasteiger partial charge in [-0.1, -0.05) is 18.5 Å². The molecular weight excluding hydrogens is 292 g/mol. The van der Waals surface area contributed by atoms with Crippen molar-refractivity contribution in [2.75, 3.05) is 25.2 Å². The Kier molecular flexibility index (Phi) is 3.95. The van der Waals surface area contributed by atoms with Gasteiger partial charge in [-0.05, 0) is 25.8 Å². The lowest BCUT2D eigenvalue weighted by molar-refractivity contribution is -0.126. The molecule has 0 aromatic heterocycles. The second-order valence-corrected chi connectivity index (χ2v) is 5.96. The summed E-state index contributed by atoms with van der Waals surface area (Å²) in [7, 11) is 0. The van der Waals surface area contributed by atoms with Crippen LogP contribution < -0.4 is 20.1 Å². The van der Waals surface area contributed by atoms with Crippen LogP contribution in [0.5, 0.6) is 11.5 Å². The Morgan fingerprint density at radius 1 is 1.43 bits per heavy atom. The third-order valence-corrected chi connectivity index (χ3v) is 4.65. The summed E-state index contributed by atoms with van der Waals surface area (Å²) in [5.41, 5.74) is 0.210. The number of hydrogen-bond acceptors (Lipinski definition) is 4. The average molecular weight is 311 g/mol. The van der Waals surface area contributed by atoms with Gasteiger partial charge >= 0.3 is 0 Å². The maximum absolute atomic E-state index is 12.7. The number of carbonyl (C=O) groups excluding carboxylic acids is 1. The standard InChI is InChI=1S/C15H19ClN2O3/c1-2-15(4-3-5-17-8-15)14(19)18-11-7-13-12(6-10(11)16)20-9-21-13/h6-7,17H,2-5,8-9H2,1H3,(H,18,19). The minimum atomic E-state index is -0.363. The Bertz CT molecular complexity index is 556. The second-order valence-electron chi connectivity index (χ2n) is 5.55. The molecule has 2 heterocycles. The highest BCUT2D eigenvalue weighted by Crippen LogP contribution is 2.40. The lowest BCUT2D eigenvalue weighted by Gasteiger charge is -2.35. The van der Waals surface area contributed by atoms with Crippen molar-refractivity contribution in [3.05, 3.63) is 17.2 Å². The van der Waals surface area contributed by atoms with Gasteiger partial charge in [-0.15, -0.1) is 0 Å². The van der Waals surface area contributed by atoms with Crippen LogP contribution >= 0.6 is 11.6 Å². The largest absolute Gasteiger partial charge is 0.454 e. The molecule has 2 N–H and O–H groups in total. The first-order valence-corrected chi connectivity index (χ1v) is 7.64. The van der Waals surface area contributed by atoms with E-state index in [1.807, 2.05) is 6.92 Å². The number of benzene rings is 1. The Morgan fingerprint density at radius 2 is 2.19 bits per heavy atom. The molecule has 1 aromatic carbocycles. The Morgan fingerprint density at radius 3 is 2.86 bits per heavy atom. The van der Waals surface area contributed by atoms with Gasteiger partial charge in [0.05, 0.1) is 16.1 Å². The summed E-state index contributed by atoms with van der Waals surface area (Å²) in [5, 5.41) is 6.73. The third kappa shape index (κ3) is 2.68. The van der Waals surface area contributed by atoms with Crippen molar-refractivity contribution in [2.45, 2.75) is 26.2 Å². The van der Waals surface area contributed by atoms with E-state index in [-0.39, 0.29) is 18.1 Å². The predicted octanol–water partition coefficient (Wildman–Crippen LogP) is 2.79. The van der Waals surface area contributed by atoms with Gasteiger partial charge in [-0.25, -0.2) is 0 Å². The first-order valence-electron chi connectivity index (χ1n) is 7.26. The van der Waals surface area contributed by atoms with E-state index in [4.69, 9.17) is 21.1 Å². The van der Waals surface area contributed by atoms with Gasteiger partial charge in [-0.3, -0.25) is 4.79 Å². The van der Waals surface area contributed by atoms with Gasteiger partial charge in [0.25, 0.3) is 0 Å². The van der Waals surface area contributed by atoms with Gasteiger partial charge < -0.3 is 20.1 Å². The van der Waals surface area contributed by atoms with Crippen LogP contribution in [0.25, 0.3) is 0 Å². The molecule has 1 unspecified atom stereocenters. The summed E-state index contributed by atoms with van der Waals surface area (Å²) in [4.78, 5) is 12.7. The van der Waals surface area contributed by atoms with Crippen LogP contribution in [-0.2, 0) is 4.79 Å². The highest BCUT2D eigenvalue weighted by atomic mass is 35.5. The number of halogens is 1. The van der Waals surface area contributed by atoms with E-state index in [9.17, 15) is 4.79 Å². The number of hydrogen-bond donors (Lipinski definition) is 2. The SMILES string of the molecule is CCC1(C(=O)Nc2cc3c(cc2Cl)OCO3)CCCNC1. The fourth-order valence-electron chi connectivity index (χ4n) is 2.89. The smallest absolute Gasteiger partial charge is 0.231 e. The van der Waals surface area contributed by atoms with E-state index < -0.39 is 0 Å². The zero-order valence-corrected chi connectivity index (χ0v) is 12.8. The molecule has 21 heavy (non-hydrogen) atoms. The Balaban J connectivity index is 1.81. The molecule has 3 rings (SSSR count). The molecule has 0 spiro atoms. The normalized spacial score (nSPS) is 23.9. The highest BCUT2D eigenvalue weighted by molar-refractivity contribution is 6.34. The Hall–Kier alpha value is -1.46. The number of anilines is 1. The van der Waals surface area contributed by atoms with Crippen molar-refractivity contribution in [2.24, 2.45) is 5.41 Å². The molecule has 0 bridgehead atoms. The van der Waals surface area contributed by atoms with Crippen molar-refractivity contribution in [1.82, 2.24) is 5.32 Å². The summed E-state index contributed by atoms with van der Waals surface area (Å²) >= 11 is 6.21. The quantitative estimate of drug-likeness (QED) is 0.901. The van der Waals surface area contributed by atoms with Crippen LogP contribution in [0.15, 0.2) is 12.1 Å². The summed E-state index contributed by atoms with van der Waals surface area (Å²) in [6.45, 7) is 3.91. The van der Waals surface area contributed by atoms with Crippen LogP contribution in [0.1, 0.15) is 26.2 Å².